The largest absolute Gasteiger partial charge is 0.462 e. The van der Waals surface area contributed by atoms with Crippen molar-refractivity contribution in [1.82, 2.24) is 0 Å². The number of esters is 2. The SMILES string of the molecule is CCCC/C=C\CCCCCCCC(=O)OC(COCCCCCCCCCCCCCC)COC(=O)CCCCCCCCCCCCCCCCCCCCC. The highest BCUT2D eigenvalue weighted by atomic mass is 16.6. The number of ether oxygens (including phenoxy) is 3. The third kappa shape index (κ3) is 47.3. The molecule has 0 saturated carbocycles. The molecule has 0 aliphatic carbocycles. The van der Waals surface area contributed by atoms with Gasteiger partial charge >= 0.3 is 11.9 Å². The van der Waals surface area contributed by atoms with E-state index in [1.54, 1.807) is 0 Å². The number of rotatable bonds is 49. The van der Waals surface area contributed by atoms with Crippen LogP contribution in [0.3, 0.4) is 0 Å². The van der Waals surface area contributed by atoms with Gasteiger partial charge in [0.2, 0.25) is 0 Å². The van der Waals surface area contributed by atoms with Gasteiger partial charge in [0.25, 0.3) is 0 Å². The molecule has 344 valence electrons. The lowest BCUT2D eigenvalue weighted by Crippen LogP contribution is -2.30. The molecule has 0 aromatic heterocycles. The average molecular weight is 819 g/mol. The second-order valence-electron chi connectivity index (χ2n) is 17.8. The van der Waals surface area contributed by atoms with Crippen molar-refractivity contribution in [2.45, 2.75) is 297 Å². The standard InChI is InChI=1S/C53H102O5/c1-4-7-10-13-16-19-22-24-25-26-27-28-29-30-32-34-37-40-43-46-52(54)57-50-51(49-56-48-45-42-39-36-33-23-20-17-14-11-8-5-2)58-53(55)47-44-41-38-35-31-21-18-15-12-9-6-3/h15,18,51H,4-14,16-17,19-50H2,1-3H3/b18-15-. The van der Waals surface area contributed by atoms with Crippen molar-refractivity contribution in [1.29, 1.82) is 0 Å². The van der Waals surface area contributed by atoms with E-state index in [1.165, 1.54) is 212 Å². The number of unbranched alkanes of at least 4 members (excludes halogenated alkanes) is 36. The van der Waals surface area contributed by atoms with E-state index in [9.17, 15) is 9.59 Å². The Morgan fingerprint density at radius 3 is 1.10 bits per heavy atom. The van der Waals surface area contributed by atoms with E-state index >= 15 is 0 Å². The van der Waals surface area contributed by atoms with Crippen molar-refractivity contribution >= 4 is 11.9 Å². The molecule has 0 heterocycles. The molecule has 0 radical (unpaired) electrons. The Balaban J connectivity index is 4.12. The fourth-order valence-electron chi connectivity index (χ4n) is 7.85. The van der Waals surface area contributed by atoms with E-state index in [4.69, 9.17) is 14.2 Å². The number of hydrogen-bond donors (Lipinski definition) is 0. The van der Waals surface area contributed by atoms with Crippen LogP contribution in [0.1, 0.15) is 290 Å². The highest BCUT2D eigenvalue weighted by Crippen LogP contribution is 2.16. The van der Waals surface area contributed by atoms with E-state index in [2.05, 4.69) is 32.9 Å². The minimum Gasteiger partial charge on any atom is -0.462 e. The van der Waals surface area contributed by atoms with Gasteiger partial charge in [-0.3, -0.25) is 9.59 Å². The van der Waals surface area contributed by atoms with Crippen molar-refractivity contribution < 1.29 is 23.8 Å². The lowest BCUT2D eigenvalue weighted by atomic mass is 10.0. The van der Waals surface area contributed by atoms with Gasteiger partial charge in [-0.2, -0.15) is 0 Å². The predicted octanol–water partition coefficient (Wildman–Crippen LogP) is 17.5. The van der Waals surface area contributed by atoms with Gasteiger partial charge in [-0.25, -0.2) is 0 Å². The van der Waals surface area contributed by atoms with Crippen molar-refractivity contribution in [2.75, 3.05) is 19.8 Å². The van der Waals surface area contributed by atoms with E-state index in [0.29, 0.717) is 26.1 Å². The molecule has 0 N–H and O–H groups in total. The number of hydrogen-bond acceptors (Lipinski definition) is 5. The van der Waals surface area contributed by atoms with E-state index in [1.807, 2.05) is 0 Å². The molecule has 0 saturated heterocycles. The highest BCUT2D eigenvalue weighted by molar-refractivity contribution is 5.70. The zero-order valence-electron chi connectivity index (χ0n) is 39.6. The van der Waals surface area contributed by atoms with Crippen LogP contribution in [0.4, 0.5) is 0 Å². The summed E-state index contributed by atoms with van der Waals surface area (Å²) in [6.45, 7) is 7.85. The van der Waals surface area contributed by atoms with Gasteiger partial charge in [0, 0.05) is 19.4 Å². The molecule has 0 rings (SSSR count). The smallest absolute Gasteiger partial charge is 0.306 e. The normalized spacial score (nSPS) is 12.1. The Labute approximate surface area is 363 Å². The highest BCUT2D eigenvalue weighted by Gasteiger charge is 2.17. The van der Waals surface area contributed by atoms with Gasteiger partial charge in [0.05, 0.1) is 6.61 Å². The summed E-state index contributed by atoms with van der Waals surface area (Å²) < 4.78 is 17.4. The van der Waals surface area contributed by atoms with Crippen molar-refractivity contribution in [3.8, 4) is 0 Å². The van der Waals surface area contributed by atoms with Crippen LogP contribution in [0.5, 0.6) is 0 Å². The first kappa shape index (κ1) is 56.6. The summed E-state index contributed by atoms with van der Waals surface area (Å²) in [6.07, 6.45) is 56.5. The monoisotopic (exact) mass is 819 g/mol. The van der Waals surface area contributed by atoms with Crippen molar-refractivity contribution in [3.05, 3.63) is 12.2 Å². The van der Waals surface area contributed by atoms with Crippen molar-refractivity contribution in [3.63, 3.8) is 0 Å². The molecule has 0 spiro atoms. The summed E-state index contributed by atoms with van der Waals surface area (Å²) in [5.41, 5.74) is 0. The summed E-state index contributed by atoms with van der Waals surface area (Å²) >= 11 is 0. The topological polar surface area (TPSA) is 61.8 Å². The first-order valence-corrected chi connectivity index (χ1v) is 26.2. The molecule has 0 amide bonds. The molecule has 0 aromatic rings. The van der Waals surface area contributed by atoms with Gasteiger partial charge in [-0.15, -0.1) is 0 Å². The molecule has 5 heteroatoms. The maximum Gasteiger partial charge on any atom is 0.306 e. The zero-order valence-corrected chi connectivity index (χ0v) is 39.6. The van der Waals surface area contributed by atoms with Crippen LogP contribution in [0, 0.1) is 0 Å². The number of allylic oxidation sites excluding steroid dienone is 2. The summed E-state index contributed by atoms with van der Waals surface area (Å²) in [7, 11) is 0. The van der Waals surface area contributed by atoms with Crippen LogP contribution in [0.25, 0.3) is 0 Å². The summed E-state index contributed by atoms with van der Waals surface area (Å²) in [6, 6.07) is 0. The third-order valence-corrected chi connectivity index (χ3v) is 11.8. The number of carbonyl (C=O) groups is 2. The Morgan fingerprint density at radius 2 is 0.690 bits per heavy atom. The fraction of sp³-hybridized carbons (Fsp3) is 0.925. The van der Waals surface area contributed by atoms with Gasteiger partial charge in [-0.1, -0.05) is 251 Å². The van der Waals surface area contributed by atoms with E-state index in [0.717, 1.165) is 44.9 Å². The molecule has 0 aromatic carbocycles. The Kier molecular flexibility index (Phi) is 48.8. The van der Waals surface area contributed by atoms with Gasteiger partial charge in [0.15, 0.2) is 6.10 Å². The summed E-state index contributed by atoms with van der Waals surface area (Å²) in [4.78, 5) is 25.3. The molecular weight excluding hydrogens is 717 g/mol. The molecule has 1 atom stereocenters. The lowest BCUT2D eigenvalue weighted by Gasteiger charge is -2.18. The van der Waals surface area contributed by atoms with Gasteiger partial charge in [-0.05, 0) is 38.5 Å². The second kappa shape index (κ2) is 50.0. The van der Waals surface area contributed by atoms with Crippen LogP contribution < -0.4 is 0 Å². The Hall–Kier alpha value is -1.36. The van der Waals surface area contributed by atoms with Crippen molar-refractivity contribution in [2.24, 2.45) is 0 Å². The maximum absolute atomic E-state index is 12.7. The first-order valence-electron chi connectivity index (χ1n) is 26.2. The van der Waals surface area contributed by atoms with E-state index < -0.39 is 6.10 Å². The molecule has 0 aliphatic heterocycles. The average Bonchev–Trinajstić information content (AvgIpc) is 3.22. The van der Waals surface area contributed by atoms with Gasteiger partial charge in [0.1, 0.15) is 6.61 Å². The molecule has 5 nitrogen and oxygen atoms in total. The molecule has 0 aliphatic rings. The zero-order chi connectivity index (χ0) is 42.1. The maximum atomic E-state index is 12.7. The molecule has 0 fully saturated rings. The Bertz CT molecular complexity index is 840. The van der Waals surface area contributed by atoms with Crippen LogP contribution >= 0.6 is 0 Å². The summed E-state index contributed by atoms with van der Waals surface area (Å²) in [5.74, 6) is -0.387. The molecule has 1 unspecified atom stereocenters. The van der Waals surface area contributed by atoms with Gasteiger partial charge < -0.3 is 14.2 Å². The fourth-order valence-corrected chi connectivity index (χ4v) is 7.85. The number of carbonyl (C=O) groups excluding carboxylic acids is 2. The second-order valence-corrected chi connectivity index (χ2v) is 17.8. The van der Waals surface area contributed by atoms with Crippen LogP contribution in [-0.4, -0.2) is 37.9 Å². The van der Waals surface area contributed by atoms with Crippen LogP contribution in [-0.2, 0) is 23.8 Å². The Morgan fingerprint density at radius 1 is 0.362 bits per heavy atom. The molecular formula is C53H102O5. The predicted molar refractivity (Wildman–Crippen MR) is 252 cm³/mol. The minimum atomic E-state index is -0.529. The minimum absolute atomic E-state index is 0.0912. The van der Waals surface area contributed by atoms with E-state index in [-0.39, 0.29) is 18.5 Å². The van der Waals surface area contributed by atoms with Crippen LogP contribution in [0.2, 0.25) is 0 Å². The first-order chi connectivity index (χ1) is 28.6. The quantitative estimate of drug-likeness (QED) is 0.0348. The van der Waals surface area contributed by atoms with Crippen LogP contribution in [0.15, 0.2) is 12.2 Å². The molecule has 58 heavy (non-hydrogen) atoms. The third-order valence-electron chi connectivity index (χ3n) is 11.8. The lowest BCUT2D eigenvalue weighted by molar-refractivity contribution is -0.163. The summed E-state index contributed by atoms with van der Waals surface area (Å²) in [5, 5.41) is 0. The molecule has 0 bridgehead atoms.